The number of carboxylic acids is 1. The topological polar surface area (TPSA) is 92.7 Å². The van der Waals surface area contributed by atoms with Crippen LogP contribution in [-0.4, -0.2) is 36.4 Å². The van der Waals surface area contributed by atoms with E-state index in [4.69, 9.17) is 9.84 Å². The van der Waals surface area contributed by atoms with Crippen LogP contribution in [0.4, 0.5) is 0 Å². The van der Waals surface area contributed by atoms with E-state index >= 15 is 0 Å². The van der Waals surface area contributed by atoms with Crippen molar-refractivity contribution in [1.29, 1.82) is 0 Å². The zero-order chi connectivity index (χ0) is 18.1. The summed E-state index contributed by atoms with van der Waals surface area (Å²) in [7, 11) is 1.67. The fourth-order valence-corrected chi connectivity index (χ4v) is 2.03. The Morgan fingerprint density at radius 1 is 1.12 bits per heavy atom. The monoisotopic (exact) mass is 331 g/mol. The van der Waals surface area contributed by atoms with Crippen LogP contribution in [0.15, 0.2) is 36.4 Å². The van der Waals surface area contributed by atoms with Crippen LogP contribution in [0.25, 0.3) is 10.8 Å². The second kappa shape index (κ2) is 9.29. The second-order valence-electron chi connectivity index (χ2n) is 5.10. The number of Topliss-reactive ketones (excluding diaryl/α,β-unsaturated/α-hetero) is 1. The second-order valence-corrected chi connectivity index (χ2v) is 5.10. The molecule has 0 spiro atoms. The van der Waals surface area contributed by atoms with Gasteiger partial charge in [0.2, 0.25) is 11.7 Å². The number of carboxylic acid groups (broad SMARTS) is 1. The van der Waals surface area contributed by atoms with Crippen LogP contribution in [0.3, 0.4) is 0 Å². The van der Waals surface area contributed by atoms with E-state index in [1.54, 1.807) is 7.11 Å². The average Bonchev–Trinajstić information content (AvgIpc) is 2.54. The number of amides is 1. The number of methoxy groups -OCH3 is 1. The van der Waals surface area contributed by atoms with E-state index in [2.05, 4.69) is 23.5 Å². The normalized spacial score (nSPS) is 9.62. The maximum atomic E-state index is 10.9. The Bertz CT molecular complexity index is 727. The van der Waals surface area contributed by atoms with Gasteiger partial charge in [-0.05, 0) is 34.9 Å². The molecule has 0 bridgehead atoms. The van der Waals surface area contributed by atoms with E-state index in [1.165, 1.54) is 23.3 Å². The molecule has 0 saturated heterocycles. The predicted octanol–water partition coefficient (Wildman–Crippen LogP) is 2.19. The summed E-state index contributed by atoms with van der Waals surface area (Å²) in [5, 5.41) is 12.8. The summed E-state index contributed by atoms with van der Waals surface area (Å²) >= 11 is 0. The molecular formula is C18H21NO5. The van der Waals surface area contributed by atoms with Crippen molar-refractivity contribution in [2.24, 2.45) is 0 Å². The molecule has 0 saturated carbocycles. The molecule has 2 rings (SSSR count). The van der Waals surface area contributed by atoms with Crippen LogP contribution in [0.2, 0.25) is 0 Å². The molecule has 0 aliphatic heterocycles. The van der Waals surface area contributed by atoms with Crippen molar-refractivity contribution in [2.75, 3.05) is 13.7 Å². The highest BCUT2D eigenvalue weighted by molar-refractivity contribution is 6.31. The van der Waals surface area contributed by atoms with E-state index in [0.29, 0.717) is 6.54 Å². The highest BCUT2D eigenvalue weighted by atomic mass is 16.5. The molecule has 0 fully saturated rings. The zero-order valence-electron chi connectivity index (χ0n) is 14.0. The van der Waals surface area contributed by atoms with Gasteiger partial charge in [-0.25, -0.2) is 4.79 Å². The van der Waals surface area contributed by atoms with Gasteiger partial charge < -0.3 is 15.2 Å². The molecule has 6 nitrogen and oxygen atoms in total. The Kier molecular flexibility index (Phi) is 7.42. The molecule has 1 amide bonds. The molecule has 0 radical (unpaired) electrons. The Hall–Kier alpha value is -2.89. The molecule has 2 aromatic carbocycles. The minimum absolute atomic E-state index is 0.00724. The minimum atomic E-state index is -1.38. The standard InChI is InChI=1S/C15H17NO2.C3H4O3/c1-11(17)16-9-8-13-5-3-4-12-6-7-14(18-2)10-15(12)13;1-2(4)3(5)6/h3-7,10H,8-9H2,1-2H3,(H,16,17);1H3,(H,5,6). The Morgan fingerprint density at radius 3 is 2.33 bits per heavy atom. The number of ether oxygens (including phenoxy) is 1. The number of hydrogen-bond donors (Lipinski definition) is 2. The first kappa shape index (κ1) is 19.2. The van der Waals surface area contributed by atoms with Crippen molar-refractivity contribution in [3.63, 3.8) is 0 Å². The van der Waals surface area contributed by atoms with Crippen LogP contribution in [0.1, 0.15) is 19.4 Å². The molecule has 2 aromatic rings. The number of benzene rings is 2. The van der Waals surface area contributed by atoms with Gasteiger partial charge in [0, 0.05) is 20.4 Å². The lowest BCUT2D eigenvalue weighted by Crippen LogP contribution is -2.22. The van der Waals surface area contributed by atoms with E-state index in [1.807, 2.05) is 18.2 Å². The van der Waals surface area contributed by atoms with Gasteiger partial charge in [-0.15, -0.1) is 0 Å². The van der Waals surface area contributed by atoms with Crippen molar-refractivity contribution in [1.82, 2.24) is 5.32 Å². The van der Waals surface area contributed by atoms with Gasteiger partial charge in [0.25, 0.3) is 0 Å². The molecule has 0 heterocycles. The van der Waals surface area contributed by atoms with Gasteiger partial charge in [0.15, 0.2) is 0 Å². The van der Waals surface area contributed by atoms with Crippen LogP contribution in [0, 0.1) is 0 Å². The fraction of sp³-hybridized carbons (Fsp3) is 0.278. The van der Waals surface area contributed by atoms with E-state index in [0.717, 1.165) is 19.1 Å². The van der Waals surface area contributed by atoms with Gasteiger partial charge in [-0.2, -0.15) is 0 Å². The third-order valence-corrected chi connectivity index (χ3v) is 3.25. The summed E-state index contributed by atoms with van der Waals surface area (Å²) < 4.78 is 5.25. The van der Waals surface area contributed by atoms with Gasteiger partial charge in [0.05, 0.1) is 7.11 Å². The maximum absolute atomic E-state index is 10.9. The maximum Gasteiger partial charge on any atom is 0.371 e. The quantitative estimate of drug-likeness (QED) is 0.819. The number of nitrogens with one attached hydrogen (secondary N) is 1. The number of rotatable bonds is 5. The van der Waals surface area contributed by atoms with E-state index in [-0.39, 0.29) is 5.91 Å². The van der Waals surface area contributed by atoms with Gasteiger partial charge in [-0.3, -0.25) is 9.59 Å². The van der Waals surface area contributed by atoms with Gasteiger partial charge in [0.1, 0.15) is 5.75 Å². The summed E-state index contributed by atoms with van der Waals surface area (Å²) in [6.07, 6.45) is 0.823. The number of carbonyl (C=O) groups excluding carboxylic acids is 2. The third kappa shape index (κ3) is 6.08. The van der Waals surface area contributed by atoms with Crippen molar-refractivity contribution < 1.29 is 24.2 Å². The minimum Gasteiger partial charge on any atom is -0.497 e. The summed E-state index contributed by atoms with van der Waals surface area (Å²) in [6, 6.07) is 12.3. The largest absolute Gasteiger partial charge is 0.497 e. The summed E-state index contributed by atoms with van der Waals surface area (Å²) in [6.45, 7) is 3.19. The van der Waals surface area contributed by atoms with Crippen LogP contribution in [-0.2, 0) is 20.8 Å². The number of carbonyl (C=O) groups is 3. The number of aliphatic carboxylic acids is 1. The first-order chi connectivity index (χ1) is 11.3. The lowest BCUT2D eigenvalue weighted by atomic mass is 10.0. The lowest BCUT2D eigenvalue weighted by Gasteiger charge is -2.08. The molecule has 6 heteroatoms. The molecule has 0 aliphatic carbocycles. The molecular weight excluding hydrogens is 310 g/mol. The fourth-order valence-electron chi connectivity index (χ4n) is 2.03. The highest BCUT2D eigenvalue weighted by Crippen LogP contribution is 2.24. The summed E-state index contributed by atoms with van der Waals surface area (Å²) in [4.78, 5) is 29.8. The molecule has 0 unspecified atom stereocenters. The molecule has 2 N–H and O–H groups in total. The Morgan fingerprint density at radius 2 is 1.79 bits per heavy atom. The predicted molar refractivity (Wildman–Crippen MR) is 91.2 cm³/mol. The lowest BCUT2D eigenvalue weighted by molar-refractivity contribution is -0.148. The van der Waals surface area contributed by atoms with E-state index in [9.17, 15) is 14.4 Å². The first-order valence-electron chi connectivity index (χ1n) is 7.39. The molecule has 0 atom stereocenters. The van der Waals surface area contributed by atoms with Crippen LogP contribution < -0.4 is 10.1 Å². The van der Waals surface area contributed by atoms with Crippen LogP contribution >= 0.6 is 0 Å². The van der Waals surface area contributed by atoms with Gasteiger partial charge in [-0.1, -0.05) is 24.3 Å². The SMILES string of the molecule is CC(=O)C(=O)O.COc1ccc2cccc(CCNC(C)=O)c2c1. The third-order valence-electron chi connectivity index (χ3n) is 3.25. The van der Waals surface area contributed by atoms with Gasteiger partial charge >= 0.3 is 5.97 Å². The highest BCUT2D eigenvalue weighted by Gasteiger charge is 2.03. The van der Waals surface area contributed by atoms with Crippen molar-refractivity contribution in [3.8, 4) is 5.75 Å². The Balaban J connectivity index is 0.000000413. The summed E-state index contributed by atoms with van der Waals surface area (Å²) in [5.74, 6) is -1.34. The van der Waals surface area contributed by atoms with Crippen LogP contribution in [0.5, 0.6) is 5.75 Å². The van der Waals surface area contributed by atoms with E-state index < -0.39 is 11.8 Å². The zero-order valence-corrected chi connectivity index (χ0v) is 14.0. The Labute approximate surface area is 140 Å². The van der Waals surface area contributed by atoms with Crippen molar-refractivity contribution in [2.45, 2.75) is 20.3 Å². The number of ketones is 1. The smallest absolute Gasteiger partial charge is 0.371 e. The summed E-state index contributed by atoms with van der Waals surface area (Å²) in [5.41, 5.74) is 1.22. The molecule has 0 aromatic heterocycles. The number of fused-ring (bicyclic) bond motifs is 1. The molecule has 0 aliphatic rings. The van der Waals surface area contributed by atoms with Crippen molar-refractivity contribution in [3.05, 3.63) is 42.0 Å². The first-order valence-corrected chi connectivity index (χ1v) is 7.39. The number of hydrogen-bond acceptors (Lipinski definition) is 4. The average molecular weight is 331 g/mol. The van der Waals surface area contributed by atoms with Crippen molar-refractivity contribution >= 4 is 28.4 Å². The molecule has 24 heavy (non-hydrogen) atoms. The molecule has 128 valence electrons.